The topological polar surface area (TPSA) is 164 Å². The van der Waals surface area contributed by atoms with Gasteiger partial charge >= 0.3 is 0 Å². The van der Waals surface area contributed by atoms with Crippen molar-refractivity contribution in [1.29, 1.82) is 0 Å². The van der Waals surface area contributed by atoms with E-state index in [-0.39, 0.29) is 0 Å². The molecule has 0 unspecified atom stereocenters. The van der Waals surface area contributed by atoms with E-state index in [9.17, 15) is 15.0 Å². The quantitative estimate of drug-likeness (QED) is 0.299. The molecule has 4 heterocycles. The molecule has 4 N–H and O–H groups in total. The van der Waals surface area contributed by atoms with Gasteiger partial charge in [-0.1, -0.05) is 6.07 Å². The van der Waals surface area contributed by atoms with Gasteiger partial charge in [0.2, 0.25) is 0 Å². The Morgan fingerprint density at radius 1 is 1.20 bits per heavy atom. The summed E-state index contributed by atoms with van der Waals surface area (Å²) in [4.78, 5) is 31.3. The van der Waals surface area contributed by atoms with Gasteiger partial charge in [-0.2, -0.15) is 4.98 Å². The number of amides is 1. The predicted octanol–water partition coefficient (Wildman–Crippen LogP) is 0.319. The second-order valence-corrected chi connectivity index (χ2v) is 8.59. The number of imidazole rings is 1. The number of nitrogens with zero attached hydrogens (tertiary/aromatic N) is 6. The molecule has 0 aliphatic carbocycles. The van der Waals surface area contributed by atoms with Crippen molar-refractivity contribution in [3.05, 3.63) is 35.9 Å². The first-order valence-corrected chi connectivity index (χ1v) is 11.0. The molecule has 184 valence electrons. The van der Waals surface area contributed by atoms with Gasteiger partial charge in [0, 0.05) is 27.7 Å². The third-order valence-electron chi connectivity index (χ3n) is 5.94. The summed E-state index contributed by atoms with van der Waals surface area (Å²) in [6.45, 7) is 2.41. The normalized spacial score (nSPS) is 22.1. The summed E-state index contributed by atoms with van der Waals surface area (Å²) in [5.41, 5.74) is 4.29. The molecule has 0 radical (unpaired) electrons. The Kier molecular flexibility index (Phi) is 5.75. The molecule has 4 aromatic rings. The molecule has 1 amide bonds. The average molecular weight is 483 g/mol. The van der Waals surface area contributed by atoms with Crippen LogP contribution in [-0.4, -0.2) is 80.1 Å². The van der Waals surface area contributed by atoms with Crippen LogP contribution in [0, 0.1) is 6.92 Å². The van der Waals surface area contributed by atoms with Crippen molar-refractivity contribution in [2.75, 3.05) is 31.4 Å². The third-order valence-corrected chi connectivity index (χ3v) is 5.94. The number of carbonyl (C=O) groups is 1. The lowest BCUT2D eigenvalue weighted by Gasteiger charge is -2.16. The lowest BCUT2D eigenvalue weighted by Crippen LogP contribution is -2.41. The van der Waals surface area contributed by atoms with Crippen LogP contribution in [0.1, 0.15) is 17.4 Å². The summed E-state index contributed by atoms with van der Waals surface area (Å²) in [7, 11) is 5.17. The minimum Gasteiger partial charge on any atom is -0.423 e. The van der Waals surface area contributed by atoms with Gasteiger partial charge in [0.25, 0.3) is 11.9 Å². The number of benzene rings is 1. The molecule has 0 saturated carbocycles. The Morgan fingerprint density at radius 3 is 2.74 bits per heavy atom. The van der Waals surface area contributed by atoms with Crippen molar-refractivity contribution >= 4 is 40.0 Å². The number of rotatable bonds is 6. The number of hydrogen-bond donors (Lipinski definition) is 4. The maximum atomic E-state index is 12.0. The van der Waals surface area contributed by atoms with E-state index >= 15 is 0 Å². The maximum absolute atomic E-state index is 12.0. The van der Waals surface area contributed by atoms with Crippen LogP contribution < -0.4 is 15.5 Å². The fourth-order valence-electron chi connectivity index (χ4n) is 4.16. The zero-order valence-electron chi connectivity index (χ0n) is 19.6. The number of fused-ring (bicyclic) bond motifs is 2. The van der Waals surface area contributed by atoms with Gasteiger partial charge in [0.05, 0.1) is 6.33 Å². The van der Waals surface area contributed by atoms with Crippen LogP contribution in [0.5, 0.6) is 0 Å². The van der Waals surface area contributed by atoms with E-state index in [1.54, 1.807) is 0 Å². The highest BCUT2D eigenvalue weighted by atomic mass is 16.6. The number of oxazole rings is 1. The second-order valence-electron chi connectivity index (χ2n) is 8.59. The molecule has 0 bridgehead atoms. The number of carbonyl (C=O) groups excluding carboxylic acids is 1. The van der Waals surface area contributed by atoms with E-state index in [4.69, 9.17) is 9.15 Å². The number of aliphatic hydroxyl groups excluding tert-OH is 2. The highest BCUT2D eigenvalue weighted by Crippen LogP contribution is 2.32. The van der Waals surface area contributed by atoms with E-state index in [1.807, 2.05) is 38.1 Å². The molecule has 1 aliphatic rings. The second kappa shape index (κ2) is 8.76. The monoisotopic (exact) mass is 482 g/mol. The molecule has 1 aromatic carbocycles. The molecule has 1 fully saturated rings. The molecule has 5 rings (SSSR count). The van der Waals surface area contributed by atoms with Crippen molar-refractivity contribution in [3.63, 3.8) is 0 Å². The highest BCUT2D eigenvalue weighted by Gasteiger charge is 2.47. The zero-order chi connectivity index (χ0) is 24.9. The molecular weight excluding hydrogens is 456 g/mol. The molecule has 1 aliphatic heterocycles. The first-order chi connectivity index (χ1) is 16.8. The summed E-state index contributed by atoms with van der Waals surface area (Å²) in [5.74, 6) is -0.0472. The van der Waals surface area contributed by atoms with Crippen LogP contribution in [-0.2, 0) is 16.1 Å². The van der Waals surface area contributed by atoms with Crippen molar-refractivity contribution in [1.82, 2.24) is 29.8 Å². The Balaban J connectivity index is 1.40. The van der Waals surface area contributed by atoms with Crippen LogP contribution in [0.25, 0.3) is 22.3 Å². The van der Waals surface area contributed by atoms with Gasteiger partial charge in [0.15, 0.2) is 34.9 Å². The lowest BCUT2D eigenvalue weighted by molar-refractivity contribution is -0.137. The van der Waals surface area contributed by atoms with Crippen molar-refractivity contribution < 1.29 is 24.2 Å². The van der Waals surface area contributed by atoms with Crippen LogP contribution in [0.2, 0.25) is 0 Å². The van der Waals surface area contributed by atoms with E-state index < -0.39 is 30.4 Å². The van der Waals surface area contributed by atoms with Crippen molar-refractivity contribution in [2.24, 2.45) is 0 Å². The summed E-state index contributed by atoms with van der Waals surface area (Å²) in [6, 6.07) is 4.50. The number of likely N-dealkylation sites (N-methyl/N-ethyl adjacent to an activating group) is 1. The molecule has 0 spiro atoms. The van der Waals surface area contributed by atoms with Crippen LogP contribution in [0.4, 0.5) is 11.8 Å². The van der Waals surface area contributed by atoms with Crippen LogP contribution >= 0.6 is 0 Å². The number of nitrogens with one attached hydrogen (secondary N) is 2. The number of aromatic nitrogens is 5. The van der Waals surface area contributed by atoms with E-state index in [2.05, 4.69) is 30.6 Å². The SMILES string of the molecule is CNC(=O)[C@H]1O[C@@H](n2cnc3c(NCc4cc(C)c5oc(N(C)C)nc5c4)ncnc32)[C@H](O)[C@@H]1O. The minimum absolute atomic E-state index is 0.384. The van der Waals surface area contributed by atoms with Gasteiger partial charge in [-0.05, 0) is 24.1 Å². The first kappa shape index (κ1) is 23.0. The van der Waals surface area contributed by atoms with Gasteiger partial charge in [-0.15, -0.1) is 0 Å². The molecule has 35 heavy (non-hydrogen) atoms. The highest BCUT2D eigenvalue weighted by molar-refractivity contribution is 5.84. The summed E-state index contributed by atoms with van der Waals surface area (Å²) in [6.07, 6.45) is -2.18. The molecule has 13 nitrogen and oxygen atoms in total. The Morgan fingerprint density at radius 2 is 2.00 bits per heavy atom. The van der Waals surface area contributed by atoms with Crippen molar-refractivity contribution in [2.45, 2.75) is 38.0 Å². The summed E-state index contributed by atoms with van der Waals surface area (Å²) >= 11 is 0. The lowest BCUT2D eigenvalue weighted by atomic mass is 10.1. The number of ether oxygens (including phenoxy) is 1. The van der Waals surface area contributed by atoms with E-state index in [0.717, 1.165) is 22.2 Å². The molecular formula is C22H26N8O5. The third kappa shape index (κ3) is 3.92. The molecule has 4 atom stereocenters. The largest absolute Gasteiger partial charge is 0.423 e. The number of aryl methyl sites for hydroxylation is 1. The Labute approximate surface area is 199 Å². The fraction of sp³-hybridized carbons (Fsp3) is 0.409. The van der Waals surface area contributed by atoms with Gasteiger partial charge < -0.3 is 34.9 Å². The predicted molar refractivity (Wildman–Crippen MR) is 126 cm³/mol. The Hall–Kier alpha value is -3.81. The van der Waals surface area contributed by atoms with E-state index in [0.29, 0.717) is 29.5 Å². The number of aliphatic hydroxyl groups is 2. The van der Waals surface area contributed by atoms with Crippen molar-refractivity contribution in [3.8, 4) is 0 Å². The van der Waals surface area contributed by atoms with Crippen LogP contribution in [0.3, 0.4) is 0 Å². The molecule has 1 saturated heterocycles. The number of anilines is 2. The summed E-state index contributed by atoms with van der Waals surface area (Å²) < 4.78 is 12.9. The first-order valence-electron chi connectivity index (χ1n) is 11.0. The van der Waals surface area contributed by atoms with Crippen LogP contribution in [0.15, 0.2) is 29.2 Å². The Bertz CT molecular complexity index is 1400. The van der Waals surface area contributed by atoms with Gasteiger partial charge in [0.1, 0.15) is 24.1 Å². The van der Waals surface area contributed by atoms with E-state index in [1.165, 1.54) is 24.3 Å². The van der Waals surface area contributed by atoms with Gasteiger partial charge in [-0.25, -0.2) is 15.0 Å². The standard InChI is InChI=1S/C22H26N8O5/c1-10-5-11(6-12-16(10)35-22(28-12)29(3)4)7-24-18-13-19(26-8-25-18)30(9-27-13)21-15(32)14(31)17(34-21)20(33)23-2/h5-6,8-9,14-15,17,21,31-32H,7H2,1-4H3,(H,23,33)(H,24,25,26)/t14-,15+,17-,21+/m0/s1. The average Bonchev–Trinajstić information content (AvgIpc) is 3.54. The minimum atomic E-state index is -1.39. The smallest absolute Gasteiger partial charge is 0.297 e. The molecule has 13 heteroatoms. The maximum Gasteiger partial charge on any atom is 0.297 e. The number of hydrogen-bond acceptors (Lipinski definition) is 11. The van der Waals surface area contributed by atoms with Gasteiger partial charge in [-0.3, -0.25) is 9.36 Å². The zero-order valence-corrected chi connectivity index (χ0v) is 19.6. The fourth-order valence-corrected chi connectivity index (χ4v) is 4.16. The summed E-state index contributed by atoms with van der Waals surface area (Å²) in [5, 5.41) is 26.4. The molecule has 3 aromatic heterocycles.